The molecule has 0 radical (unpaired) electrons. The largest absolute Gasteiger partial charge is 0.383 e. The highest BCUT2D eigenvalue weighted by atomic mass is 32.1. The van der Waals surface area contributed by atoms with Crippen molar-refractivity contribution in [2.24, 2.45) is 7.05 Å². The summed E-state index contributed by atoms with van der Waals surface area (Å²) < 4.78 is 6.48. The molecule has 2 heterocycles. The van der Waals surface area contributed by atoms with Gasteiger partial charge in [-0.1, -0.05) is 6.07 Å². The lowest BCUT2D eigenvalue weighted by Crippen LogP contribution is -2.28. The van der Waals surface area contributed by atoms with E-state index in [0.717, 1.165) is 10.6 Å². The summed E-state index contributed by atoms with van der Waals surface area (Å²) in [6, 6.07) is 5.75. The molecule has 0 aliphatic carbocycles. The van der Waals surface area contributed by atoms with Gasteiger partial charge in [-0.2, -0.15) is 5.10 Å². The molecule has 0 saturated carbocycles. The highest BCUT2D eigenvalue weighted by Gasteiger charge is 2.14. The minimum atomic E-state index is -0.134. The molecule has 0 unspecified atom stereocenters. The zero-order valence-corrected chi connectivity index (χ0v) is 11.2. The number of nitrogens with zero attached hydrogens (tertiary/aromatic N) is 2. The Morgan fingerprint density at radius 2 is 2.44 bits per heavy atom. The van der Waals surface area contributed by atoms with Gasteiger partial charge in [-0.05, 0) is 17.5 Å². The predicted octanol–water partition coefficient (Wildman–Crippen LogP) is 1.52. The molecule has 5 nitrogen and oxygen atoms in total. The van der Waals surface area contributed by atoms with Crippen LogP contribution in [0, 0.1) is 0 Å². The van der Waals surface area contributed by atoms with E-state index in [0.29, 0.717) is 18.8 Å². The number of hydrogen-bond donors (Lipinski definition) is 1. The molecular formula is C12H15N3O2S. The molecule has 0 aliphatic rings. The second-order valence-corrected chi connectivity index (χ2v) is 4.71. The van der Waals surface area contributed by atoms with Crippen LogP contribution < -0.4 is 5.32 Å². The Balaban J connectivity index is 2.12. The van der Waals surface area contributed by atoms with Gasteiger partial charge in [0.2, 0.25) is 0 Å². The standard InChI is InChI=1S/C12H15N3O2S/c1-15-10(12(16)13-5-6-17-2)8-9(14-15)11-4-3-7-18-11/h3-4,7-8H,5-6H2,1-2H3,(H,13,16). The molecule has 1 amide bonds. The summed E-state index contributed by atoms with van der Waals surface area (Å²) in [6.07, 6.45) is 0. The van der Waals surface area contributed by atoms with Gasteiger partial charge in [0.1, 0.15) is 11.4 Å². The number of carbonyl (C=O) groups is 1. The van der Waals surface area contributed by atoms with Gasteiger partial charge in [-0.25, -0.2) is 0 Å². The maximum Gasteiger partial charge on any atom is 0.269 e. The zero-order valence-electron chi connectivity index (χ0n) is 10.3. The van der Waals surface area contributed by atoms with E-state index < -0.39 is 0 Å². The Bertz CT molecular complexity index is 519. The van der Waals surface area contributed by atoms with E-state index in [4.69, 9.17) is 4.74 Å². The smallest absolute Gasteiger partial charge is 0.269 e. The zero-order chi connectivity index (χ0) is 13.0. The summed E-state index contributed by atoms with van der Waals surface area (Å²) in [7, 11) is 3.37. The summed E-state index contributed by atoms with van der Waals surface area (Å²) in [5.41, 5.74) is 1.37. The fraction of sp³-hybridized carbons (Fsp3) is 0.333. The topological polar surface area (TPSA) is 56.1 Å². The van der Waals surface area contributed by atoms with Gasteiger partial charge < -0.3 is 10.1 Å². The average molecular weight is 265 g/mol. The fourth-order valence-corrected chi connectivity index (χ4v) is 2.26. The number of methoxy groups -OCH3 is 1. The number of amides is 1. The molecule has 0 aromatic carbocycles. The van der Waals surface area contributed by atoms with Crippen LogP contribution in [0.4, 0.5) is 0 Å². The highest BCUT2D eigenvalue weighted by Crippen LogP contribution is 2.23. The predicted molar refractivity (Wildman–Crippen MR) is 70.7 cm³/mol. The molecule has 18 heavy (non-hydrogen) atoms. The summed E-state index contributed by atoms with van der Waals surface area (Å²) in [4.78, 5) is 13.0. The molecule has 1 N–H and O–H groups in total. The molecule has 6 heteroatoms. The molecule has 0 saturated heterocycles. The molecule has 2 aromatic heterocycles. The Kier molecular flexibility index (Phi) is 4.11. The minimum absolute atomic E-state index is 0.134. The Morgan fingerprint density at radius 3 is 3.11 bits per heavy atom. The van der Waals surface area contributed by atoms with Crippen molar-refractivity contribution in [2.75, 3.05) is 20.3 Å². The van der Waals surface area contributed by atoms with E-state index in [9.17, 15) is 4.79 Å². The van der Waals surface area contributed by atoms with E-state index in [1.165, 1.54) is 0 Å². The van der Waals surface area contributed by atoms with Crippen LogP contribution in [0.3, 0.4) is 0 Å². The van der Waals surface area contributed by atoms with Crippen LogP contribution in [0.25, 0.3) is 10.6 Å². The monoisotopic (exact) mass is 265 g/mol. The third-order valence-corrected chi connectivity index (χ3v) is 3.37. The van der Waals surface area contributed by atoms with Crippen LogP contribution in [-0.2, 0) is 11.8 Å². The van der Waals surface area contributed by atoms with Crippen LogP contribution in [0.1, 0.15) is 10.5 Å². The third kappa shape index (κ3) is 2.77. The van der Waals surface area contributed by atoms with Gasteiger partial charge in [0, 0.05) is 20.7 Å². The van der Waals surface area contributed by atoms with Crippen LogP contribution in [0.2, 0.25) is 0 Å². The van der Waals surface area contributed by atoms with E-state index >= 15 is 0 Å². The number of carbonyl (C=O) groups excluding carboxylic acids is 1. The van der Waals surface area contributed by atoms with Gasteiger partial charge in [0.05, 0.1) is 11.5 Å². The van der Waals surface area contributed by atoms with Gasteiger partial charge >= 0.3 is 0 Å². The first-order valence-electron chi connectivity index (χ1n) is 5.57. The number of rotatable bonds is 5. The van der Waals surface area contributed by atoms with Crippen molar-refractivity contribution in [3.05, 3.63) is 29.3 Å². The molecule has 2 aromatic rings. The van der Waals surface area contributed by atoms with Crippen molar-refractivity contribution in [1.82, 2.24) is 15.1 Å². The van der Waals surface area contributed by atoms with E-state index in [-0.39, 0.29) is 5.91 Å². The van der Waals surface area contributed by atoms with Gasteiger partial charge in [0.15, 0.2) is 0 Å². The van der Waals surface area contributed by atoms with Gasteiger partial charge in [0.25, 0.3) is 5.91 Å². The lowest BCUT2D eigenvalue weighted by atomic mass is 10.3. The van der Waals surface area contributed by atoms with Crippen molar-refractivity contribution < 1.29 is 9.53 Å². The lowest BCUT2D eigenvalue weighted by molar-refractivity contribution is 0.0927. The number of aryl methyl sites for hydroxylation is 1. The Labute approximate surface area is 109 Å². The molecule has 96 valence electrons. The Hall–Kier alpha value is -1.66. The number of aromatic nitrogens is 2. The summed E-state index contributed by atoms with van der Waals surface area (Å²) in [5.74, 6) is -0.134. The minimum Gasteiger partial charge on any atom is -0.383 e. The van der Waals surface area contributed by atoms with Crippen molar-refractivity contribution in [1.29, 1.82) is 0 Å². The molecule has 2 rings (SSSR count). The molecular weight excluding hydrogens is 250 g/mol. The second-order valence-electron chi connectivity index (χ2n) is 3.76. The number of ether oxygens (including phenoxy) is 1. The maximum atomic E-state index is 11.9. The number of thiophene rings is 1. The molecule has 0 bridgehead atoms. The van der Waals surface area contributed by atoms with Gasteiger partial charge in [-0.15, -0.1) is 11.3 Å². The van der Waals surface area contributed by atoms with E-state index in [1.807, 2.05) is 17.5 Å². The molecule has 0 atom stereocenters. The lowest BCUT2D eigenvalue weighted by Gasteiger charge is -2.03. The molecule has 0 fully saturated rings. The normalized spacial score (nSPS) is 10.6. The first-order valence-corrected chi connectivity index (χ1v) is 6.45. The summed E-state index contributed by atoms with van der Waals surface area (Å²) in [6.45, 7) is 0.996. The summed E-state index contributed by atoms with van der Waals surface area (Å²) in [5, 5.41) is 9.10. The molecule has 0 spiro atoms. The average Bonchev–Trinajstić information content (AvgIpc) is 2.97. The second kappa shape index (κ2) is 5.79. The van der Waals surface area contributed by atoms with Crippen molar-refractivity contribution in [2.45, 2.75) is 0 Å². The number of nitrogens with one attached hydrogen (secondary N) is 1. The van der Waals surface area contributed by atoms with Crippen molar-refractivity contribution >= 4 is 17.2 Å². The number of hydrogen-bond acceptors (Lipinski definition) is 4. The van der Waals surface area contributed by atoms with Crippen LogP contribution in [0.5, 0.6) is 0 Å². The summed E-state index contributed by atoms with van der Waals surface area (Å²) >= 11 is 1.60. The van der Waals surface area contributed by atoms with E-state index in [2.05, 4.69) is 10.4 Å². The first-order chi connectivity index (χ1) is 8.72. The quantitative estimate of drug-likeness (QED) is 0.834. The first kappa shape index (κ1) is 12.8. The SMILES string of the molecule is COCCNC(=O)c1cc(-c2cccs2)nn1C. The van der Waals surface area contributed by atoms with Crippen LogP contribution >= 0.6 is 11.3 Å². The molecule has 0 aliphatic heterocycles. The van der Waals surface area contributed by atoms with Crippen molar-refractivity contribution in [3.63, 3.8) is 0 Å². The third-order valence-electron chi connectivity index (χ3n) is 2.48. The van der Waals surface area contributed by atoms with Gasteiger partial charge in [-0.3, -0.25) is 9.48 Å². The van der Waals surface area contributed by atoms with Crippen LogP contribution in [-0.4, -0.2) is 35.9 Å². The fourth-order valence-electron chi connectivity index (χ4n) is 1.58. The Morgan fingerprint density at radius 1 is 1.61 bits per heavy atom. The van der Waals surface area contributed by atoms with E-state index in [1.54, 1.807) is 36.2 Å². The maximum absolute atomic E-state index is 11.9. The van der Waals surface area contributed by atoms with Crippen molar-refractivity contribution in [3.8, 4) is 10.6 Å². The van der Waals surface area contributed by atoms with Crippen LogP contribution in [0.15, 0.2) is 23.6 Å². The highest BCUT2D eigenvalue weighted by molar-refractivity contribution is 7.13.